The number of hydrogen-bond acceptors (Lipinski definition) is 7. The van der Waals surface area contributed by atoms with Crippen molar-refractivity contribution in [1.82, 2.24) is 10.3 Å². The number of rotatable bonds is 7. The lowest BCUT2D eigenvalue weighted by atomic mass is 10.1. The van der Waals surface area contributed by atoms with E-state index in [0.29, 0.717) is 18.0 Å². The maximum absolute atomic E-state index is 13.8. The number of aromatic nitrogens is 1. The van der Waals surface area contributed by atoms with E-state index >= 15 is 0 Å². The van der Waals surface area contributed by atoms with Gasteiger partial charge in [-0.3, -0.25) is 9.78 Å². The van der Waals surface area contributed by atoms with Crippen LogP contribution in [-0.2, 0) is 12.7 Å². The fraction of sp³-hybridized carbons (Fsp3) is 0.0667. The Labute approximate surface area is 242 Å². The predicted octanol–water partition coefficient (Wildman–Crippen LogP) is 7.32. The molecule has 5 rings (SSSR count). The van der Waals surface area contributed by atoms with Gasteiger partial charge in [-0.25, -0.2) is 5.32 Å². The van der Waals surface area contributed by atoms with Gasteiger partial charge in [0.15, 0.2) is 6.19 Å². The number of para-hydroxylation sites is 2. The molecule has 0 bridgehead atoms. The van der Waals surface area contributed by atoms with Gasteiger partial charge >= 0.3 is 12.2 Å². The molecule has 0 fully saturated rings. The van der Waals surface area contributed by atoms with Crippen molar-refractivity contribution in [1.29, 1.82) is 5.26 Å². The number of amidine groups is 1. The molecular weight excluding hydrogens is 565 g/mol. The molecule has 5 aromatic rings. The summed E-state index contributed by atoms with van der Waals surface area (Å²) in [6.45, 7) is 0.401. The van der Waals surface area contributed by atoms with Gasteiger partial charge in [0.25, 0.3) is 5.91 Å². The number of hydrogen-bond donors (Lipinski definition) is 3. The van der Waals surface area contributed by atoms with Gasteiger partial charge in [0.2, 0.25) is 0 Å². The zero-order valence-electron chi connectivity index (χ0n) is 21.6. The number of aliphatic imine (C=N–C) groups is 1. The highest BCUT2D eigenvalue weighted by Gasteiger charge is 2.31. The number of carbonyl (C=O) groups excluding carboxylic acids is 1. The van der Waals surface area contributed by atoms with Crippen LogP contribution in [0.2, 0.25) is 0 Å². The third kappa shape index (κ3) is 6.83. The molecule has 0 aliphatic rings. The number of amides is 1. The van der Waals surface area contributed by atoms with E-state index in [0.717, 1.165) is 39.9 Å². The minimum absolute atomic E-state index is 0.135. The number of carbonyl (C=O) groups is 1. The molecule has 0 aliphatic carbocycles. The molecule has 1 amide bonds. The summed E-state index contributed by atoms with van der Waals surface area (Å²) < 4.78 is 46.8. The molecule has 12 heteroatoms. The number of fused-ring (bicyclic) bond motifs is 1. The fourth-order valence-corrected chi connectivity index (χ4v) is 4.83. The van der Waals surface area contributed by atoms with Crippen LogP contribution in [0.4, 0.5) is 30.2 Å². The number of pyridine rings is 1. The fourth-order valence-electron chi connectivity index (χ4n) is 4.06. The van der Waals surface area contributed by atoms with Crippen LogP contribution in [0.15, 0.2) is 101 Å². The lowest BCUT2D eigenvalue weighted by Crippen LogP contribution is -2.24. The van der Waals surface area contributed by atoms with Gasteiger partial charge in [-0.05, 0) is 59.5 Å². The molecular formula is C30H21F3N6O2S. The number of alkyl halides is 3. The molecule has 210 valence electrons. The Balaban J connectivity index is 1.38. The minimum atomic E-state index is -4.73. The van der Waals surface area contributed by atoms with Gasteiger partial charge in [-0.1, -0.05) is 36.4 Å². The van der Waals surface area contributed by atoms with E-state index < -0.39 is 17.6 Å². The van der Waals surface area contributed by atoms with E-state index in [9.17, 15) is 18.0 Å². The number of thiophene rings is 1. The van der Waals surface area contributed by atoms with Crippen LogP contribution in [-0.4, -0.2) is 16.9 Å². The van der Waals surface area contributed by atoms with Gasteiger partial charge in [-0.15, -0.1) is 11.3 Å². The topological polar surface area (TPSA) is 111 Å². The Hall–Kier alpha value is -5.41. The van der Waals surface area contributed by atoms with Gasteiger partial charge in [0.05, 0.1) is 22.5 Å². The van der Waals surface area contributed by atoms with Crippen molar-refractivity contribution < 1.29 is 22.7 Å². The average Bonchev–Trinajstić information content (AvgIpc) is 3.45. The highest BCUT2D eigenvalue weighted by molar-refractivity contribution is 7.12. The first-order valence-electron chi connectivity index (χ1n) is 12.4. The number of anilines is 2. The summed E-state index contributed by atoms with van der Waals surface area (Å²) in [4.78, 5) is 21.9. The molecule has 0 spiro atoms. The summed E-state index contributed by atoms with van der Waals surface area (Å²) in [5, 5.41) is 19.8. The van der Waals surface area contributed by atoms with Gasteiger partial charge in [0.1, 0.15) is 10.6 Å². The zero-order valence-corrected chi connectivity index (χ0v) is 22.5. The van der Waals surface area contributed by atoms with E-state index in [1.54, 1.807) is 54.2 Å². The predicted molar refractivity (Wildman–Crippen MR) is 156 cm³/mol. The summed E-state index contributed by atoms with van der Waals surface area (Å²) in [7, 11) is 0. The Kier molecular flexibility index (Phi) is 8.31. The zero-order chi connectivity index (χ0) is 29.5. The maximum Gasteiger partial charge on any atom is 0.416 e. The van der Waals surface area contributed by atoms with Crippen LogP contribution < -0.4 is 20.7 Å². The van der Waals surface area contributed by atoms with E-state index in [1.165, 1.54) is 6.07 Å². The number of benzene rings is 3. The van der Waals surface area contributed by atoms with Gasteiger partial charge in [0, 0.05) is 23.8 Å². The smallest absolute Gasteiger partial charge is 0.416 e. The first kappa shape index (κ1) is 28.1. The van der Waals surface area contributed by atoms with Crippen molar-refractivity contribution in [3.63, 3.8) is 0 Å². The monoisotopic (exact) mass is 586 g/mol. The molecule has 0 unspecified atom stereocenters. The van der Waals surface area contributed by atoms with Crippen molar-refractivity contribution in [2.45, 2.75) is 12.7 Å². The van der Waals surface area contributed by atoms with Crippen LogP contribution in [0, 0.1) is 11.5 Å². The standard InChI is InChI=1S/C30H21F3N6O2S/c31-30(32,33)20-14-21(16-22(15-20)39-29(37-18-34)41-23-6-2-1-3-7-23)38-28(40)27-26(11-13-42-27)36-17-19-10-12-35-25-9-5-4-8-24(19)25/h1-16,36H,17H2,(H,37,39)(H,38,40). The van der Waals surface area contributed by atoms with Crippen LogP contribution >= 0.6 is 11.3 Å². The third-order valence-corrected chi connectivity index (χ3v) is 6.85. The summed E-state index contributed by atoms with van der Waals surface area (Å²) in [5.41, 5.74) is 0.972. The van der Waals surface area contributed by atoms with E-state index in [4.69, 9.17) is 10.00 Å². The minimum Gasteiger partial charge on any atom is -0.425 e. The Bertz CT molecular complexity index is 1790. The largest absolute Gasteiger partial charge is 0.425 e. The van der Waals surface area contributed by atoms with Gasteiger partial charge < -0.3 is 15.4 Å². The van der Waals surface area contributed by atoms with Crippen LogP contribution in [0.5, 0.6) is 5.75 Å². The normalized spacial score (nSPS) is 11.5. The second-order valence-corrected chi connectivity index (χ2v) is 9.71. The number of nitriles is 1. The number of ether oxygens (including phenoxy) is 1. The van der Waals surface area contributed by atoms with Crippen LogP contribution in [0.3, 0.4) is 0 Å². The molecule has 3 aromatic carbocycles. The highest BCUT2D eigenvalue weighted by atomic mass is 32.1. The number of nitrogens with one attached hydrogen (secondary N) is 3. The Morgan fingerprint density at radius 2 is 1.81 bits per heavy atom. The summed E-state index contributed by atoms with van der Waals surface area (Å²) in [6.07, 6.45) is -1.37. The second-order valence-electron chi connectivity index (χ2n) is 8.79. The molecule has 0 atom stereocenters. The average molecular weight is 587 g/mol. The first-order valence-corrected chi connectivity index (χ1v) is 13.3. The van der Waals surface area contributed by atoms with Gasteiger partial charge in [-0.2, -0.15) is 23.4 Å². The first-order chi connectivity index (χ1) is 20.3. The maximum atomic E-state index is 13.8. The SMILES string of the molecule is N#CNC(=Nc1cc(NC(=O)c2sccc2NCc2ccnc3ccccc23)cc(C(F)(F)F)c1)Oc1ccccc1. The number of halogens is 3. The molecule has 0 saturated heterocycles. The molecule has 2 aromatic heterocycles. The molecule has 0 aliphatic heterocycles. The van der Waals surface area contributed by atoms with Crippen molar-refractivity contribution in [2.24, 2.45) is 4.99 Å². The third-order valence-electron chi connectivity index (χ3n) is 5.93. The summed E-state index contributed by atoms with van der Waals surface area (Å²) >= 11 is 1.15. The van der Waals surface area contributed by atoms with E-state index in [2.05, 4.69) is 25.9 Å². The molecule has 2 heterocycles. The van der Waals surface area contributed by atoms with Crippen molar-refractivity contribution >= 4 is 51.2 Å². The van der Waals surface area contributed by atoms with Crippen molar-refractivity contribution in [3.05, 3.63) is 113 Å². The highest BCUT2D eigenvalue weighted by Crippen LogP contribution is 2.35. The second kappa shape index (κ2) is 12.4. The number of nitrogens with zero attached hydrogens (tertiary/aromatic N) is 3. The molecule has 8 nitrogen and oxygen atoms in total. The molecule has 3 N–H and O–H groups in total. The van der Waals surface area contributed by atoms with Crippen molar-refractivity contribution in [3.8, 4) is 11.9 Å². The van der Waals surface area contributed by atoms with Crippen molar-refractivity contribution in [2.75, 3.05) is 10.6 Å². The Morgan fingerprint density at radius 3 is 2.60 bits per heavy atom. The van der Waals surface area contributed by atoms with E-state index in [1.807, 2.05) is 30.3 Å². The molecule has 0 radical (unpaired) electrons. The Morgan fingerprint density at radius 1 is 1.02 bits per heavy atom. The molecule has 42 heavy (non-hydrogen) atoms. The van der Waals surface area contributed by atoms with E-state index in [-0.39, 0.29) is 22.3 Å². The van der Waals surface area contributed by atoms with Crippen LogP contribution in [0.1, 0.15) is 20.8 Å². The quantitative estimate of drug-likeness (QED) is 0.0798. The molecule has 0 saturated carbocycles. The van der Waals surface area contributed by atoms with Crippen LogP contribution in [0.25, 0.3) is 10.9 Å². The lowest BCUT2D eigenvalue weighted by molar-refractivity contribution is -0.137. The summed E-state index contributed by atoms with van der Waals surface area (Å²) in [6, 6.07) is 22.1. The lowest BCUT2D eigenvalue weighted by Gasteiger charge is -2.13. The summed E-state index contributed by atoms with van der Waals surface area (Å²) in [5.74, 6) is -0.283.